The van der Waals surface area contributed by atoms with Crippen molar-refractivity contribution in [2.45, 2.75) is 32.7 Å². The highest BCUT2D eigenvalue weighted by atomic mass is 35.5. The maximum atomic E-state index is 12.2. The van der Waals surface area contributed by atoms with Crippen molar-refractivity contribution in [3.63, 3.8) is 0 Å². The lowest BCUT2D eigenvalue weighted by molar-refractivity contribution is -0.126. The maximum Gasteiger partial charge on any atom is 0.223 e. The number of amides is 1. The molecule has 1 saturated heterocycles. The van der Waals surface area contributed by atoms with Crippen LogP contribution in [0.15, 0.2) is 30.3 Å². The molecule has 3 unspecified atom stereocenters. The van der Waals surface area contributed by atoms with Gasteiger partial charge in [0.25, 0.3) is 0 Å². The molecule has 0 aliphatic carbocycles. The highest BCUT2D eigenvalue weighted by Gasteiger charge is 2.24. The van der Waals surface area contributed by atoms with Crippen LogP contribution in [0.3, 0.4) is 0 Å². The van der Waals surface area contributed by atoms with E-state index in [9.17, 15) is 4.79 Å². The molecule has 22 heavy (non-hydrogen) atoms. The van der Waals surface area contributed by atoms with E-state index in [0.717, 1.165) is 31.7 Å². The van der Waals surface area contributed by atoms with Crippen molar-refractivity contribution in [2.24, 2.45) is 11.8 Å². The van der Waals surface area contributed by atoms with Gasteiger partial charge in [0.15, 0.2) is 0 Å². The van der Waals surface area contributed by atoms with Gasteiger partial charge in [0, 0.05) is 18.5 Å². The molecular weight excluding hydrogens is 300 g/mol. The Labute approximate surface area is 139 Å². The first-order chi connectivity index (χ1) is 10.2. The van der Waals surface area contributed by atoms with Crippen molar-refractivity contribution >= 4 is 18.3 Å². The van der Waals surface area contributed by atoms with E-state index in [1.54, 1.807) is 0 Å². The number of rotatable bonds is 6. The minimum atomic E-state index is -0.0251. The Balaban J connectivity index is 0.00000242. The Morgan fingerprint density at radius 2 is 2.14 bits per heavy atom. The normalized spacial score (nSPS) is 22.3. The zero-order valence-corrected chi connectivity index (χ0v) is 14.2. The Morgan fingerprint density at radius 1 is 1.41 bits per heavy atom. The molecular formula is C17H27ClN2O2. The highest BCUT2D eigenvalue weighted by molar-refractivity contribution is 5.85. The molecule has 0 saturated carbocycles. The molecule has 1 aromatic carbocycles. The van der Waals surface area contributed by atoms with Gasteiger partial charge in [-0.25, -0.2) is 0 Å². The lowest BCUT2D eigenvalue weighted by Gasteiger charge is -2.31. The van der Waals surface area contributed by atoms with Gasteiger partial charge in [0.1, 0.15) is 5.75 Å². The number of nitrogens with one attached hydrogen (secondary N) is 2. The molecule has 0 aromatic heterocycles. The number of carbonyl (C=O) groups excluding carboxylic acids is 1. The monoisotopic (exact) mass is 326 g/mol. The average Bonchev–Trinajstić information content (AvgIpc) is 2.50. The van der Waals surface area contributed by atoms with Crippen LogP contribution in [-0.4, -0.2) is 31.6 Å². The van der Waals surface area contributed by atoms with Gasteiger partial charge >= 0.3 is 0 Å². The van der Waals surface area contributed by atoms with E-state index in [4.69, 9.17) is 4.74 Å². The van der Waals surface area contributed by atoms with Gasteiger partial charge in [-0.2, -0.15) is 0 Å². The lowest BCUT2D eigenvalue weighted by atomic mass is 9.94. The van der Waals surface area contributed by atoms with Crippen molar-refractivity contribution in [3.8, 4) is 5.75 Å². The SMILES string of the molecule is CC(CCOc1ccccc1)C(=O)NC1CNCCC1C.Cl. The minimum absolute atomic E-state index is 0. The van der Waals surface area contributed by atoms with Crippen LogP contribution in [0.1, 0.15) is 26.7 Å². The fourth-order valence-electron chi connectivity index (χ4n) is 2.51. The fourth-order valence-corrected chi connectivity index (χ4v) is 2.51. The molecule has 1 aromatic rings. The summed E-state index contributed by atoms with van der Waals surface area (Å²) in [6, 6.07) is 9.97. The maximum absolute atomic E-state index is 12.2. The number of para-hydroxylation sites is 1. The molecule has 0 radical (unpaired) electrons. The summed E-state index contributed by atoms with van der Waals surface area (Å²) in [5, 5.41) is 6.49. The third-order valence-corrected chi connectivity index (χ3v) is 4.17. The number of carbonyl (C=O) groups is 1. The van der Waals surface area contributed by atoms with Crippen LogP contribution < -0.4 is 15.4 Å². The van der Waals surface area contributed by atoms with E-state index in [-0.39, 0.29) is 30.3 Å². The summed E-state index contributed by atoms with van der Waals surface area (Å²) in [5.41, 5.74) is 0. The predicted molar refractivity (Wildman–Crippen MR) is 91.5 cm³/mol. The summed E-state index contributed by atoms with van der Waals surface area (Å²) in [4.78, 5) is 12.2. The molecule has 3 atom stereocenters. The highest BCUT2D eigenvalue weighted by Crippen LogP contribution is 2.14. The molecule has 5 heteroatoms. The summed E-state index contributed by atoms with van der Waals surface area (Å²) in [6.07, 6.45) is 1.85. The molecule has 1 aliphatic heterocycles. The van der Waals surface area contributed by atoms with Crippen LogP contribution in [-0.2, 0) is 4.79 Å². The van der Waals surface area contributed by atoms with Crippen molar-refractivity contribution in [1.82, 2.24) is 10.6 Å². The van der Waals surface area contributed by atoms with Crippen molar-refractivity contribution in [3.05, 3.63) is 30.3 Å². The van der Waals surface area contributed by atoms with E-state index in [1.807, 2.05) is 37.3 Å². The summed E-state index contributed by atoms with van der Waals surface area (Å²) in [7, 11) is 0. The van der Waals surface area contributed by atoms with E-state index in [2.05, 4.69) is 17.6 Å². The Morgan fingerprint density at radius 3 is 2.82 bits per heavy atom. The van der Waals surface area contributed by atoms with Crippen LogP contribution in [0.4, 0.5) is 0 Å². The number of ether oxygens (including phenoxy) is 1. The molecule has 2 N–H and O–H groups in total. The summed E-state index contributed by atoms with van der Waals surface area (Å²) >= 11 is 0. The van der Waals surface area contributed by atoms with E-state index < -0.39 is 0 Å². The third kappa shape index (κ3) is 5.85. The average molecular weight is 327 g/mol. The Hall–Kier alpha value is -1.26. The first-order valence-corrected chi connectivity index (χ1v) is 7.85. The van der Waals surface area contributed by atoms with Crippen LogP contribution in [0.2, 0.25) is 0 Å². The molecule has 1 fully saturated rings. The van der Waals surface area contributed by atoms with Crippen molar-refractivity contribution in [1.29, 1.82) is 0 Å². The second kappa shape index (κ2) is 9.70. The zero-order chi connectivity index (χ0) is 15.1. The van der Waals surface area contributed by atoms with E-state index in [1.165, 1.54) is 0 Å². The Kier molecular flexibility index (Phi) is 8.28. The van der Waals surface area contributed by atoms with Crippen LogP contribution in [0.5, 0.6) is 5.75 Å². The summed E-state index contributed by atoms with van der Waals surface area (Å²) < 4.78 is 5.65. The molecule has 0 bridgehead atoms. The number of hydrogen-bond acceptors (Lipinski definition) is 3. The fraction of sp³-hybridized carbons (Fsp3) is 0.588. The molecule has 1 heterocycles. The quantitative estimate of drug-likeness (QED) is 0.845. The first kappa shape index (κ1) is 18.8. The lowest BCUT2D eigenvalue weighted by Crippen LogP contribution is -2.51. The molecule has 4 nitrogen and oxygen atoms in total. The number of hydrogen-bond donors (Lipinski definition) is 2. The second-order valence-corrected chi connectivity index (χ2v) is 5.94. The molecule has 1 amide bonds. The minimum Gasteiger partial charge on any atom is -0.494 e. The van der Waals surface area contributed by atoms with E-state index in [0.29, 0.717) is 12.5 Å². The largest absolute Gasteiger partial charge is 0.494 e. The molecule has 0 spiro atoms. The van der Waals surface area contributed by atoms with Crippen LogP contribution in [0, 0.1) is 11.8 Å². The van der Waals surface area contributed by atoms with Crippen molar-refractivity contribution < 1.29 is 9.53 Å². The molecule has 124 valence electrons. The van der Waals surface area contributed by atoms with Gasteiger partial charge < -0.3 is 15.4 Å². The molecule has 1 aliphatic rings. The zero-order valence-electron chi connectivity index (χ0n) is 13.4. The van der Waals surface area contributed by atoms with Crippen LogP contribution in [0.25, 0.3) is 0 Å². The van der Waals surface area contributed by atoms with Gasteiger partial charge in [0.2, 0.25) is 5.91 Å². The number of piperidine rings is 1. The van der Waals surface area contributed by atoms with Crippen LogP contribution >= 0.6 is 12.4 Å². The van der Waals surface area contributed by atoms with E-state index >= 15 is 0 Å². The van der Waals surface area contributed by atoms with Gasteiger partial charge in [-0.05, 0) is 37.4 Å². The van der Waals surface area contributed by atoms with Gasteiger partial charge in [-0.1, -0.05) is 32.0 Å². The second-order valence-electron chi connectivity index (χ2n) is 5.94. The van der Waals surface area contributed by atoms with Crippen molar-refractivity contribution in [2.75, 3.05) is 19.7 Å². The van der Waals surface area contributed by atoms with Gasteiger partial charge in [-0.3, -0.25) is 4.79 Å². The first-order valence-electron chi connectivity index (χ1n) is 7.85. The topological polar surface area (TPSA) is 50.4 Å². The Bertz CT molecular complexity index is 442. The number of benzene rings is 1. The standard InChI is InChI=1S/C17H26N2O2.ClH/c1-13-8-10-18-12-16(13)19-17(20)14(2)9-11-21-15-6-4-3-5-7-15;/h3-7,13-14,16,18H,8-12H2,1-2H3,(H,19,20);1H. The van der Waals surface area contributed by atoms with Gasteiger partial charge in [-0.15, -0.1) is 12.4 Å². The van der Waals surface area contributed by atoms with Gasteiger partial charge in [0.05, 0.1) is 6.61 Å². The predicted octanol–water partition coefficient (Wildman–Crippen LogP) is 2.63. The summed E-state index contributed by atoms with van der Waals surface area (Å²) in [5.74, 6) is 1.51. The smallest absolute Gasteiger partial charge is 0.223 e. The molecule has 2 rings (SSSR count). The third-order valence-electron chi connectivity index (χ3n) is 4.17. The number of halogens is 1. The summed E-state index contributed by atoms with van der Waals surface area (Å²) in [6.45, 7) is 6.66.